The van der Waals surface area contributed by atoms with Crippen molar-refractivity contribution in [3.63, 3.8) is 0 Å². The second kappa shape index (κ2) is 3.95. The second-order valence-corrected chi connectivity index (χ2v) is 3.21. The lowest BCUT2D eigenvalue weighted by molar-refractivity contribution is 0.818. The Morgan fingerprint density at radius 1 is 1.54 bits per heavy atom. The molecule has 2 N–H and O–H groups in total. The predicted octanol–water partition coefficient (Wildman–Crippen LogP) is 2.59. The highest BCUT2D eigenvalue weighted by molar-refractivity contribution is 5.49. The molecule has 1 aromatic carbocycles. The minimum Gasteiger partial charge on any atom is -0.399 e. The number of nitrogens with two attached hydrogens (primary N) is 1. The van der Waals surface area contributed by atoms with Gasteiger partial charge in [-0.1, -0.05) is 19.1 Å². The lowest BCUT2D eigenvalue weighted by Crippen LogP contribution is -1.97. The van der Waals surface area contributed by atoms with E-state index >= 15 is 0 Å². The molecule has 0 radical (unpaired) electrons. The first-order valence-electron chi connectivity index (χ1n) is 4.44. The van der Waals surface area contributed by atoms with Gasteiger partial charge in [-0.2, -0.15) is 5.26 Å². The first-order valence-corrected chi connectivity index (χ1v) is 4.44. The molecule has 0 aliphatic heterocycles. The zero-order chi connectivity index (χ0) is 9.84. The lowest BCUT2D eigenvalue weighted by Gasteiger charge is -2.08. The number of rotatable bonds is 2. The first kappa shape index (κ1) is 9.60. The van der Waals surface area contributed by atoms with Crippen LogP contribution in [0.4, 0.5) is 5.69 Å². The number of anilines is 1. The Bertz CT molecular complexity index is 336. The molecule has 2 heteroatoms. The van der Waals surface area contributed by atoms with Gasteiger partial charge in [-0.15, -0.1) is 0 Å². The number of nitriles is 1. The van der Waals surface area contributed by atoms with Gasteiger partial charge in [-0.3, -0.25) is 0 Å². The summed E-state index contributed by atoms with van der Waals surface area (Å²) in [5, 5.41) is 8.85. The third kappa shape index (κ3) is 2.00. The van der Waals surface area contributed by atoms with Gasteiger partial charge in [0.05, 0.1) is 12.0 Å². The van der Waals surface area contributed by atoms with Crippen molar-refractivity contribution in [2.75, 3.05) is 5.73 Å². The molecule has 0 spiro atoms. The van der Waals surface area contributed by atoms with Crippen molar-refractivity contribution in [1.29, 1.82) is 5.26 Å². The van der Waals surface area contributed by atoms with Gasteiger partial charge in [-0.25, -0.2) is 0 Å². The van der Waals surface area contributed by atoms with Crippen LogP contribution < -0.4 is 5.73 Å². The van der Waals surface area contributed by atoms with Crippen LogP contribution in [0.25, 0.3) is 0 Å². The van der Waals surface area contributed by atoms with Gasteiger partial charge in [0.15, 0.2) is 0 Å². The fraction of sp³-hybridized carbons (Fsp3) is 0.364. The molecule has 0 amide bonds. The van der Waals surface area contributed by atoms with Gasteiger partial charge < -0.3 is 5.73 Å². The number of hydrogen-bond donors (Lipinski definition) is 1. The zero-order valence-corrected chi connectivity index (χ0v) is 8.04. The third-order valence-corrected chi connectivity index (χ3v) is 2.27. The number of benzene rings is 1. The minimum absolute atomic E-state index is 0.0251. The summed E-state index contributed by atoms with van der Waals surface area (Å²) < 4.78 is 0. The third-order valence-electron chi connectivity index (χ3n) is 2.27. The number of nitrogen functional groups attached to an aromatic ring is 1. The fourth-order valence-electron chi connectivity index (χ4n) is 1.28. The summed E-state index contributed by atoms with van der Waals surface area (Å²) >= 11 is 0. The van der Waals surface area contributed by atoms with Crippen LogP contribution in [0.15, 0.2) is 18.2 Å². The molecule has 0 aromatic heterocycles. The number of nitrogens with zero attached hydrogens (tertiary/aromatic N) is 1. The Kier molecular flexibility index (Phi) is 2.92. The predicted molar refractivity (Wildman–Crippen MR) is 54.2 cm³/mol. The molecule has 1 aromatic rings. The summed E-state index contributed by atoms with van der Waals surface area (Å²) in [6.45, 7) is 3.97. The summed E-state index contributed by atoms with van der Waals surface area (Å²) in [4.78, 5) is 0. The molecule has 0 heterocycles. The molecular weight excluding hydrogens is 160 g/mol. The van der Waals surface area contributed by atoms with Gasteiger partial charge in [0.25, 0.3) is 0 Å². The van der Waals surface area contributed by atoms with Crippen LogP contribution >= 0.6 is 0 Å². The highest BCUT2D eigenvalue weighted by Gasteiger charge is 2.08. The standard InChI is InChI=1S/C11H14N2/c1-3-9(7-12)10-5-4-8(2)11(13)6-10/h4-6,9H,3,13H2,1-2H3. The van der Waals surface area contributed by atoms with Crippen LogP contribution in [0, 0.1) is 18.3 Å². The molecule has 68 valence electrons. The van der Waals surface area contributed by atoms with Crippen LogP contribution in [0.3, 0.4) is 0 Å². The van der Waals surface area contributed by atoms with Gasteiger partial charge >= 0.3 is 0 Å². The summed E-state index contributed by atoms with van der Waals surface area (Å²) in [7, 11) is 0. The Balaban J connectivity index is 3.04. The van der Waals surface area contributed by atoms with Crippen molar-refractivity contribution < 1.29 is 0 Å². The smallest absolute Gasteiger partial charge is 0.0710 e. The van der Waals surface area contributed by atoms with Gasteiger partial charge in [0.1, 0.15) is 0 Å². The van der Waals surface area contributed by atoms with E-state index in [4.69, 9.17) is 11.0 Å². The highest BCUT2D eigenvalue weighted by atomic mass is 14.6. The second-order valence-electron chi connectivity index (χ2n) is 3.21. The zero-order valence-electron chi connectivity index (χ0n) is 8.04. The van der Waals surface area contributed by atoms with Gasteiger partial charge in [0.2, 0.25) is 0 Å². The van der Waals surface area contributed by atoms with E-state index < -0.39 is 0 Å². The molecule has 1 rings (SSSR count). The fourth-order valence-corrected chi connectivity index (χ4v) is 1.28. The molecule has 0 saturated heterocycles. The monoisotopic (exact) mass is 174 g/mol. The van der Waals surface area contributed by atoms with Crippen molar-refractivity contribution in [3.05, 3.63) is 29.3 Å². The Labute approximate surface area is 79.0 Å². The molecule has 2 nitrogen and oxygen atoms in total. The molecule has 1 unspecified atom stereocenters. The number of aryl methyl sites for hydroxylation is 1. The van der Waals surface area contributed by atoms with Crippen LogP contribution in [0.5, 0.6) is 0 Å². The van der Waals surface area contributed by atoms with E-state index in [1.54, 1.807) is 0 Å². The van der Waals surface area contributed by atoms with E-state index in [-0.39, 0.29) is 5.92 Å². The van der Waals surface area contributed by atoms with Crippen LogP contribution in [-0.2, 0) is 0 Å². The van der Waals surface area contributed by atoms with Crippen molar-refractivity contribution in [2.45, 2.75) is 26.2 Å². The lowest BCUT2D eigenvalue weighted by atomic mass is 9.96. The largest absolute Gasteiger partial charge is 0.399 e. The van der Waals surface area contributed by atoms with Crippen LogP contribution in [0.2, 0.25) is 0 Å². The average molecular weight is 174 g/mol. The maximum absolute atomic E-state index is 8.85. The van der Waals surface area contributed by atoms with Crippen LogP contribution in [-0.4, -0.2) is 0 Å². The SMILES string of the molecule is CCC(C#N)c1ccc(C)c(N)c1. The van der Waals surface area contributed by atoms with E-state index in [9.17, 15) is 0 Å². The summed E-state index contributed by atoms with van der Waals surface area (Å²) in [5.74, 6) is -0.0251. The summed E-state index contributed by atoms with van der Waals surface area (Å²) in [6.07, 6.45) is 0.832. The Morgan fingerprint density at radius 3 is 2.69 bits per heavy atom. The van der Waals surface area contributed by atoms with E-state index in [0.29, 0.717) is 0 Å². The van der Waals surface area contributed by atoms with Crippen molar-refractivity contribution in [1.82, 2.24) is 0 Å². The topological polar surface area (TPSA) is 49.8 Å². The molecule has 0 aliphatic carbocycles. The Morgan fingerprint density at radius 2 is 2.23 bits per heavy atom. The summed E-state index contributed by atoms with van der Waals surface area (Å²) in [6, 6.07) is 8.09. The summed E-state index contributed by atoms with van der Waals surface area (Å²) in [5.41, 5.74) is 8.62. The highest BCUT2D eigenvalue weighted by Crippen LogP contribution is 2.22. The molecule has 0 aliphatic rings. The van der Waals surface area contributed by atoms with Crippen molar-refractivity contribution in [2.24, 2.45) is 0 Å². The molecule has 0 saturated carbocycles. The average Bonchev–Trinajstić information content (AvgIpc) is 2.13. The molecule has 1 atom stereocenters. The van der Waals surface area contributed by atoms with Crippen LogP contribution in [0.1, 0.15) is 30.4 Å². The molecule has 0 bridgehead atoms. The quantitative estimate of drug-likeness (QED) is 0.700. The van der Waals surface area contributed by atoms with E-state index in [1.807, 2.05) is 32.0 Å². The molecule has 13 heavy (non-hydrogen) atoms. The maximum Gasteiger partial charge on any atom is 0.0710 e. The van der Waals surface area contributed by atoms with Gasteiger partial charge in [-0.05, 0) is 30.5 Å². The Hall–Kier alpha value is -1.49. The van der Waals surface area contributed by atoms with E-state index in [0.717, 1.165) is 23.2 Å². The molecule has 0 fully saturated rings. The number of hydrogen-bond acceptors (Lipinski definition) is 2. The van der Waals surface area contributed by atoms with Gasteiger partial charge in [0, 0.05) is 5.69 Å². The molecular formula is C11H14N2. The van der Waals surface area contributed by atoms with Crippen molar-refractivity contribution in [3.8, 4) is 6.07 Å². The van der Waals surface area contributed by atoms with E-state index in [1.165, 1.54) is 0 Å². The van der Waals surface area contributed by atoms with E-state index in [2.05, 4.69) is 6.07 Å². The normalized spacial score (nSPS) is 12.1. The first-order chi connectivity index (χ1) is 6.19. The maximum atomic E-state index is 8.85. The minimum atomic E-state index is -0.0251. The van der Waals surface area contributed by atoms with Crippen molar-refractivity contribution >= 4 is 5.69 Å².